The van der Waals surface area contributed by atoms with Crippen molar-refractivity contribution in [3.8, 4) is 5.75 Å². The van der Waals surface area contributed by atoms with Gasteiger partial charge in [0.15, 0.2) is 0 Å². The zero-order chi connectivity index (χ0) is 22.9. The second kappa shape index (κ2) is 11.6. The minimum absolute atomic E-state index is 0.133. The molecule has 4 atom stereocenters. The summed E-state index contributed by atoms with van der Waals surface area (Å²) in [4.78, 5) is 24.7. The predicted molar refractivity (Wildman–Crippen MR) is 120 cm³/mol. The maximum absolute atomic E-state index is 12.9. The van der Waals surface area contributed by atoms with Crippen molar-refractivity contribution >= 4 is 11.9 Å². The average molecular weight is 442 g/mol. The lowest BCUT2D eigenvalue weighted by atomic mass is 9.91. The zero-order valence-electron chi connectivity index (χ0n) is 18.3. The number of aliphatic hydroxyl groups is 1. The van der Waals surface area contributed by atoms with Crippen LogP contribution in [0.15, 0.2) is 54.8 Å². The summed E-state index contributed by atoms with van der Waals surface area (Å²) in [5, 5.41) is 23.2. The SMILES string of the molecule is CC/C=C/C=C\C(=O)N/C=C/CC1C[C@H]2C[C@H](O)CC(Cc3cccc(O)c3C(=O)O1)O2. The Morgan fingerprint density at radius 1 is 1.19 bits per heavy atom. The number of aromatic hydroxyl groups is 1. The summed E-state index contributed by atoms with van der Waals surface area (Å²) in [5.74, 6) is -0.969. The number of carbonyl (C=O) groups is 2. The van der Waals surface area contributed by atoms with Crippen LogP contribution >= 0.6 is 0 Å². The Kier molecular flexibility index (Phi) is 8.64. The normalized spacial score (nSPS) is 26.2. The molecule has 0 saturated carbocycles. The molecule has 2 unspecified atom stereocenters. The highest BCUT2D eigenvalue weighted by Gasteiger charge is 2.34. The molecule has 0 aromatic heterocycles. The molecule has 1 aromatic rings. The van der Waals surface area contributed by atoms with E-state index in [4.69, 9.17) is 9.47 Å². The third-order valence-electron chi connectivity index (χ3n) is 5.51. The van der Waals surface area contributed by atoms with E-state index in [1.54, 1.807) is 24.3 Å². The first-order valence-electron chi connectivity index (χ1n) is 11.1. The number of fused-ring (bicyclic) bond motifs is 3. The van der Waals surface area contributed by atoms with Gasteiger partial charge in [-0.3, -0.25) is 4.79 Å². The monoisotopic (exact) mass is 441 g/mol. The highest BCUT2D eigenvalue weighted by Crippen LogP contribution is 2.32. The van der Waals surface area contributed by atoms with Crippen molar-refractivity contribution in [2.75, 3.05) is 0 Å². The Bertz CT molecular complexity index is 890. The van der Waals surface area contributed by atoms with E-state index in [9.17, 15) is 19.8 Å². The molecular weight excluding hydrogens is 410 g/mol. The number of nitrogens with one attached hydrogen (secondary N) is 1. The van der Waals surface area contributed by atoms with Gasteiger partial charge in [0.05, 0.1) is 18.3 Å². The number of phenolic OH excluding ortho intramolecular Hbond substituents is 1. The number of hydrogen-bond donors (Lipinski definition) is 3. The van der Waals surface area contributed by atoms with Gasteiger partial charge in [-0.05, 0) is 37.3 Å². The van der Waals surface area contributed by atoms with Gasteiger partial charge in [-0.1, -0.05) is 43.4 Å². The highest BCUT2D eigenvalue weighted by atomic mass is 16.5. The molecule has 1 saturated heterocycles. The second-order valence-corrected chi connectivity index (χ2v) is 8.13. The minimum Gasteiger partial charge on any atom is -0.507 e. The van der Waals surface area contributed by atoms with Crippen molar-refractivity contribution in [2.45, 2.75) is 69.9 Å². The van der Waals surface area contributed by atoms with E-state index in [0.29, 0.717) is 37.7 Å². The Morgan fingerprint density at radius 3 is 2.81 bits per heavy atom. The number of ether oxygens (including phenoxy) is 2. The van der Waals surface area contributed by atoms with Gasteiger partial charge in [0.1, 0.15) is 17.4 Å². The van der Waals surface area contributed by atoms with Gasteiger partial charge >= 0.3 is 5.97 Å². The first-order chi connectivity index (χ1) is 15.5. The number of benzene rings is 1. The van der Waals surface area contributed by atoms with E-state index in [2.05, 4.69) is 5.32 Å². The predicted octanol–water partition coefficient (Wildman–Crippen LogP) is 3.31. The molecule has 2 aliphatic rings. The summed E-state index contributed by atoms with van der Waals surface area (Å²) >= 11 is 0. The van der Waals surface area contributed by atoms with Gasteiger partial charge < -0.3 is 25.0 Å². The topological polar surface area (TPSA) is 105 Å². The summed E-state index contributed by atoms with van der Waals surface area (Å²) in [6.45, 7) is 2.01. The summed E-state index contributed by atoms with van der Waals surface area (Å²) in [6, 6.07) is 4.91. The number of hydrogen-bond acceptors (Lipinski definition) is 6. The molecule has 0 aliphatic carbocycles. The summed E-state index contributed by atoms with van der Waals surface area (Å²) in [6.07, 6.45) is 11.7. The van der Waals surface area contributed by atoms with Crippen LogP contribution < -0.4 is 5.32 Å². The molecule has 7 heteroatoms. The molecule has 7 nitrogen and oxygen atoms in total. The summed E-state index contributed by atoms with van der Waals surface area (Å²) < 4.78 is 11.9. The Morgan fingerprint density at radius 2 is 2.00 bits per heavy atom. The van der Waals surface area contributed by atoms with Crippen molar-refractivity contribution < 1.29 is 29.3 Å². The van der Waals surface area contributed by atoms with Gasteiger partial charge in [0.25, 0.3) is 0 Å². The van der Waals surface area contributed by atoms with Crippen LogP contribution in [0.4, 0.5) is 0 Å². The van der Waals surface area contributed by atoms with Crippen LogP contribution in [0.25, 0.3) is 0 Å². The second-order valence-electron chi connectivity index (χ2n) is 8.13. The number of phenols is 1. The lowest BCUT2D eigenvalue weighted by molar-refractivity contribution is -0.115. The lowest BCUT2D eigenvalue weighted by Gasteiger charge is -2.36. The van der Waals surface area contributed by atoms with E-state index in [1.165, 1.54) is 18.3 Å². The summed E-state index contributed by atoms with van der Waals surface area (Å²) in [5.41, 5.74) is 0.780. The van der Waals surface area contributed by atoms with Gasteiger partial charge in [0.2, 0.25) is 5.91 Å². The average Bonchev–Trinajstić information content (AvgIpc) is 2.73. The number of allylic oxidation sites excluding steroid dienone is 3. The first kappa shape index (κ1) is 23.8. The zero-order valence-corrected chi connectivity index (χ0v) is 18.3. The van der Waals surface area contributed by atoms with E-state index < -0.39 is 18.2 Å². The fourth-order valence-corrected chi connectivity index (χ4v) is 4.07. The molecule has 2 heterocycles. The number of carbonyl (C=O) groups excluding carboxylic acids is 2. The van der Waals surface area contributed by atoms with Crippen LogP contribution in [-0.2, 0) is 20.7 Å². The smallest absolute Gasteiger partial charge is 0.342 e. The molecule has 32 heavy (non-hydrogen) atoms. The van der Waals surface area contributed by atoms with Crippen molar-refractivity contribution in [2.24, 2.45) is 0 Å². The van der Waals surface area contributed by atoms with Crippen molar-refractivity contribution in [3.63, 3.8) is 0 Å². The van der Waals surface area contributed by atoms with Crippen molar-refractivity contribution in [1.82, 2.24) is 5.32 Å². The number of aliphatic hydroxyl groups excluding tert-OH is 1. The maximum Gasteiger partial charge on any atom is 0.342 e. The molecule has 0 spiro atoms. The van der Waals surface area contributed by atoms with E-state index in [1.807, 2.05) is 19.1 Å². The molecule has 2 bridgehead atoms. The highest BCUT2D eigenvalue weighted by molar-refractivity contribution is 5.94. The van der Waals surface area contributed by atoms with Gasteiger partial charge in [-0.25, -0.2) is 4.79 Å². The number of esters is 1. The standard InChI is InChI=1S/C25H31NO6/c1-2-3-4-5-11-23(29)26-12-7-9-19-16-21-15-18(27)14-20(31-21)13-17-8-6-10-22(28)24(17)25(30)32-19/h3-8,10-12,18-21,27-28H,2,9,13-16H2,1H3,(H,26,29)/b4-3+,11-5-,12-7+/t18-,19?,20?,21-/m1/s1. The van der Waals surface area contributed by atoms with E-state index in [-0.39, 0.29) is 29.4 Å². The van der Waals surface area contributed by atoms with Crippen molar-refractivity contribution in [3.05, 3.63) is 65.9 Å². The molecule has 1 aromatic carbocycles. The molecule has 3 rings (SSSR count). The largest absolute Gasteiger partial charge is 0.507 e. The van der Waals surface area contributed by atoms with Crippen LogP contribution in [0.1, 0.15) is 54.9 Å². The molecular formula is C25H31NO6. The first-order valence-corrected chi connectivity index (χ1v) is 11.1. The molecule has 1 amide bonds. The molecule has 3 N–H and O–H groups in total. The van der Waals surface area contributed by atoms with E-state index in [0.717, 1.165) is 6.42 Å². The molecule has 1 fully saturated rings. The minimum atomic E-state index is -0.577. The summed E-state index contributed by atoms with van der Waals surface area (Å²) in [7, 11) is 0. The van der Waals surface area contributed by atoms with Crippen LogP contribution in [0.2, 0.25) is 0 Å². The van der Waals surface area contributed by atoms with Crippen LogP contribution in [0.5, 0.6) is 5.75 Å². The third kappa shape index (κ3) is 6.80. The van der Waals surface area contributed by atoms with E-state index >= 15 is 0 Å². The fraction of sp³-hybridized carbons (Fsp3) is 0.440. The number of rotatable bonds is 6. The van der Waals surface area contributed by atoms with Gasteiger partial charge in [-0.2, -0.15) is 0 Å². The quantitative estimate of drug-likeness (QED) is 0.355. The Labute approximate surface area is 188 Å². The van der Waals surface area contributed by atoms with Crippen LogP contribution in [0.3, 0.4) is 0 Å². The molecule has 0 radical (unpaired) electrons. The Hall–Kier alpha value is -2.90. The maximum atomic E-state index is 12.9. The third-order valence-corrected chi connectivity index (χ3v) is 5.51. The van der Waals surface area contributed by atoms with Crippen LogP contribution in [0, 0.1) is 0 Å². The van der Waals surface area contributed by atoms with Crippen LogP contribution in [-0.4, -0.2) is 46.5 Å². The fourth-order valence-electron chi connectivity index (χ4n) is 4.07. The number of amides is 1. The number of cyclic esters (lactones) is 1. The Balaban J connectivity index is 1.70. The molecule has 2 aliphatic heterocycles. The lowest BCUT2D eigenvalue weighted by Crippen LogP contribution is -2.40. The van der Waals surface area contributed by atoms with Gasteiger partial charge in [-0.15, -0.1) is 0 Å². The van der Waals surface area contributed by atoms with Gasteiger partial charge in [0, 0.05) is 25.1 Å². The van der Waals surface area contributed by atoms with Crippen molar-refractivity contribution in [1.29, 1.82) is 0 Å². The molecule has 172 valence electrons.